The minimum Gasteiger partial charge on any atom is -0.374 e. The van der Waals surface area contributed by atoms with Gasteiger partial charge >= 0.3 is 0 Å². The molecular formula is C19H16N2O. The number of terminal acetylenes is 2. The second-order valence-electron chi connectivity index (χ2n) is 4.60. The van der Waals surface area contributed by atoms with Crippen molar-refractivity contribution in [3.63, 3.8) is 0 Å². The van der Waals surface area contributed by atoms with E-state index in [0.29, 0.717) is 24.2 Å². The number of hydrogen-bond acceptors (Lipinski definition) is 3. The van der Waals surface area contributed by atoms with Crippen molar-refractivity contribution >= 4 is 17.2 Å². The molecule has 3 heteroatoms. The van der Waals surface area contributed by atoms with E-state index < -0.39 is 0 Å². The number of anilines is 2. The molecule has 0 aliphatic rings. The molecule has 2 N–H and O–H groups in total. The van der Waals surface area contributed by atoms with Crippen LogP contribution in [0.4, 0.5) is 11.4 Å². The summed E-state index contributed by atoms with van der Waals surface area (Å²) in [7, 11) is 0. The Labute approximate surface area is 130 Å². The van der Waals surface area contributed by atoms with Gasteiger partial charge in [0.25, 0.3) is 0 Å². The molecule has 3 nitrogen and oxygen atoms in total. The van der Waals surface area contributed by atoms with Crippen LogP contribution in [0.5, 0.6) is 0 Å². The van der Waals surface area contributed by atoms with E-state index >= 15 is 0 Å². The second-order valence-corrected chi connectivity index (χ2v) is 4.60. The minimum atomic E-state index is -0.0213. The maximum atomic E-state index is 12.4. The molecule has 0 amide bonds. The standard InChI is InChI=1S/C19H16N2O/c1-3-13-20-17-9-5-15(6-10-17)19(22)16-7-11-18(12-8-16)21-14-4-2/h1-2,5-12,20-21H,13-14H2. The molecule has 2 rings (SSSR count). The van der Waals surface area contributed by atoms with E-state index in [1.807, 2.05) is 24.3 Å². The molecule has 22 heavy (non-hydrogen) atoms. The van der Waals surface area contributed by atoms with E-state index in [-0.39, 0.29) is 5.78 Å². The minimum absolute atomic E-state index is 0.0213. The van der Waals surface area contributed by atoms with Crippen LogP contribution in [-0.2, 0) is 0 Å². The first-order valence-electron chi connectivity index (χ1n) is 6.84. The van der Waals surface area contributed by atoms with Gasteiger partial charge in [0.05, 0.1) is 13.1 Å². The zero-order chi connectivity index (χ0) is 15.8. The summed E-state index contributed by atoms with van der Waals surface area (Å²) >= 11 is 0. The van der Waals surface area contributed by atoms with Crippen molar-refractivity contribution in [1.82, 2.24) is 0 Å². The van der Waals surface area contributed by atoms with Gasteiger partial charge in [-0.05, 0) is 48.5 Å². The van der Waals surface area contributed by atoms with Crippen molar-refractivity contribution < 1.29 is 4.79 Å². The summed E-state index contributed by atoms with van der Waals surface area (Å²) in [6, 6.07) is 14.5. The van der Waals surface area contributed by atoms with E-state index in [1.165, 1.54) is 0 Å². The smallest absolute Gasteiger partial charge is 0.193 e. The van der Waals surface area contributed by atoms with Crippen LogP contribution in [0.3, 0.4) is 0 Å². The lowest BCUT2D eigenvalue weighted by atomic mass is 10.0. The summed E-state index contributed by atoms with van der Waals surface area (Å²) in [4.78, 5) is 12.4. The average Bonchev–Trinajstić information content (AvgIpc) is 2.58. The number of carbonyl (C=O) groups excluding carboxylic acids is 1. The van der Waals surface area contributed by atoms with E-state index in [2.05, 4.69) is 22.5 Å². The van der Waals surface area contributed by atoms with Gasteiger partial charge in [-0.2, -0.15) is 0 Å². The van der Waals surface area contributed by atoms with Crippen molar-refractivity contribution in [2.24, 2.45) is 0 Å². The van der Waals surface area contributed by atoms with Gasteiger partial charge in [0.2, 0.25) is 0 Å². The van der Waals surface area contributed by atoms with Gasteiger partial charge in [-0.15, -0.1) is 12.8 Å². The third-order valence-corrected chi connectivity index (χ3v) is 3.08. The van der Waals surface area contributed by atoms with Crippen molar-refractivity contribution in [1.29, 1.82) is 0 Å². The average molecular weight is 288 g/mol. The van der Waals surface area contributed by atoms with Crippen molar-refractivity contribution in [2.45, 2.75) is 0 Å². The van der Waals surface area contributed by atoms with E-state index in [0.717, 1.165) is 11.4 Å². The number of carbonyl (C=O) groups is 1. The van der Waals surface area contributed by atoms with Crippen LogP contribution in [-0.4, -0.2) is 18.9 Å². The summed E-state index contributed by atoms with van der Waals surface area (Å²) in [5, 5.41) is 6.11. The molecule has 2 aromatic carbocycles. The number of benzene rings is 2. The Morgan fingerprint density at radius 3 is 1.45 bits per heavy atom. The molecule has 0 fully saturated rings. The highest BCUT2D eigenvalue weighted by molar-refractivity contribution is 6.09. The summed E-state index contributed by atoms with van der Waals surface area (Å²) in [6.45, 7) is 0.916. The zero-order valence-electron chi connectivity index (χ0n) is 12.1. The van der Waals surface area contributed by atoms with Gasteiger partial charge in [0, 0.05) is 22.5 Å². The van der Waals surface area contributed by atoms with Gasteiger partial charge in [0.15, 0.2) is 5.78 Å². The molecule has 0 heterocycles. The number of ketones is 1. The molecular weight excluding hydrogens is 272 g/mol. The van der Waals surface area contributed by atoms with Crippen LogP contribution in [0, 0.1) is 24.7 Å². The first-order chi connectivity index (χ1) is 10.7. The zero-order valence-corrected chi connectivity index (χ0v) is 12.1. The Hall–Kier alpha value is -3.17. The highest BCUT2D eigenvalue weighted by atomic mass is 16.1. The monoisotopic (exact) mass is 288 g/mol. The number of nitrogens with one attached hydrogen (secondary N) is 2. The predicted molar refractivity (Wildman–Crippen MR) is 91.0 cm³/mol. The molecule has 0 radical (unpaired) electrons. The normalized spacial score (nSPS) is 9.36. The second kappa shape index (κ2) is 7.57. The largest absolute Gasteiger partial charge is 0.374 e. The maximum Gasteiger partial charge on any atom is 0.193 e. The molecule has 0 saturated heterocycles. The summed E-state index contributed by atoms with van der Waals surface area (Å²) in [5.74, 6) is 4.98. The molecule has 108 valence electrons. The van der Waals surface area contributed by atoms with E-state index in [1.54, 1.807) is 24.3 Å². The molecule has 0 spiro atoms. The lowest BCUT2D eigenvalue weighted by Gasteiger charge is -2.06. The summed E-state index contributed by atoms with van der Waals surface area (Å²) in [5.41, 5.74) is 3.05. The lowest BCUT2D eigenvalue weighted by molar-refractivity contribution is 0.103. The van der Waals surface area contributed by atoms with Crippen LogP contribution in [0.25, 0.3) is 0 Å². The van der Waals surface area contributed by atoms with Gasteiger partial charge in [-0.3, -0.25) is 4.79 Å². The SMILES string of the molecule is C#CCNc1ccc(C(=O)c2ccc(NCC#C)cc2)cc1. The van der Waals surface area contributed by atoms with Crippen LogP contribution >= 0.6 is 0 Å². The quantitative estimate of drug-likeness (QED) is 0.634. The van der Waals surface area contributed by atoms with Crippen molar-refractivity contribution in [3.8, 4) is 24.7 Å². The van der Waals surface area contributed by atoms with Gasteiger partial charge < -0.3 is 10.6 Å². The van der Waals surface area contributed by atoms with Gasteiger partial charge in [-0.1, -0.05) is 11.8 Å². The fourth-order valence-corrected chi connectivity index (χ4v) is 1.95. The Kier molecular flexibility index (Phi) is 5.24. The number of hydrogen-bond donors (Lipinski definition) is 2. The van der Waals surface area contributed by atoms with Gasteiger partial charge in [-0.25, -0.2) is 0 Å². The van der Waals surface area contributed by atoms with Crippen LogP contribution < -0.4 is 10.6 Å². The third-order valence-electron chi connectivity index (χ3n) is 3.08. The lowest BCUT2D eigenvalue weighted by Crippen LogP contribution is -2.03. The van der Waals surface area contributed by atoms with Crippen LogP contribution in [0.15, 0.2) is 48.5 Å². The Morgan fingerprint density at radius 2 is 1.14 bits per heavy atom. The van der Waals surface area contributed by atoms with Crippen molar-refractivity contribution in [3.05, 3.63) is 59.7 Å². The van der Waals surface area contributed by atoms with Crippen LogP contribution in [0.1, 0.15) is 15.9 Å². The van der Waals surface area contributed by atoms with Crippen molar-refractivity contribution in [2.75, 3.05) is 23.7 Å². The van der Waals surface area contributed by atoms with Gasteiger partial charge in [0.1, 0.15) is 0 Å². The first-order valence-corrected chi connectivity index (χ1v) is 6.84. The topological polar surface area (TPSA) is 41.1 Å². The predicted octanol–water partition coefficient (Wildman–Crippen LogP) is 3.01. The van der Waals surface area contributed by atoms with E-state index in [9.17, 15) is 4.79 Å². The molecule has 2 aromatic rings. The first kappa shape index (κ1) is 15.2. The fraction of sp³-hybridized carbons (Fsp3) is 0.105. The highest BCUT2D eigenvalue weighted by Crippen LogP contribution is 2.16. The molecule has 0 atom stereocenters. The highest BCUT2D eigenvalue weighted by Gasteiger charge is 2.08. The Balaban J connectivity index is 2.07. The fourth-order valence-electron chi connectivity index (χ4n) is 1.95. The molecule has 0 aliphatic carbocycles. The Morgan fingerprint density at radius 1 is 0.773 bits per heavy atom. The third kappa shape index (κ3) is 3.91. The molecule has 0 saturated carbocycles. The molecule has 0 bridgehead atoms. The number of rotatable bonds is 6. The van der Waals surface area contributed by atoms with Crippen LogP contribution in [0.2, 0.25) is 0 Å². The van der Waals surface area contributed by atoms with E-state index in [4.69, 9.17) is 12.8 Å². The Bertz CT molecular complexity index is 653. The molecule has 0 unspecified atom stereocenters. The summed E-state index contributed by atoms with van der Waals surface area (Å²) in [6.07, 6.45) is 10.4. The maximum absolute atomic E-state index is 12.4. The molecule has 0 aromatic heterocycles. The summed E-state index contributed by atoms with van der Waals surface area (Å²) < 4.78 is 0. The molecule has 0 aliphatic heterocycles.